The molecule has 1 aromatic heterocycles. The molecule has 1 unspecified atom stereocenters. The highest BCUT2D eigenvalue weighted by Gasteiger charge is 1.87. The van der Waals surface area contributed by atoms with Gasteiger partial charge in [-0.1, -0.05) is 0 Å². The van der Waals surface area contributed by atoms with E-state index in [0.717, 1.165) is 4.20 Å². The van der Waals surface area contributed by atoms with Crippen molar-refractivity contribution in [1.29, 1.82) is 0 Å². The molecule has 0 bridgehead atoms. The van der Waals surface area contributed by atoms with E-state index in [1.807, 2.05) is 0 Å². The zero-order chi connectivity index (χ0) is 5.28. The van der Waals surface area contributed by atoms with Crippen molar-refractivity contribution >= 4 is 24.1 Å². The maximum absolute atomic E-state index is 8.66. The summed E-state index contributed by atoms with van der Waals surface area (Å²) in [5.41, 5.74) is 0. The number of halogens is 1. The predicted octanol–water partition coefficient (Wildman–Crippen LogP) is 2.19. The first-order chi connectivity index (χ1) is 3.29. The lowest BCUT2D eigenvalue weighted by molar-refractivity contribution is 0.478. The first-order valence-electron chi connectivity index (χ1n) is 1.82. The molecule has 0 aromatic carbocycles. The first kappa shape index (κ1) is 5.20. The number of aromatic hydroxyl groups is 1. The minimum absolute atomic E-state index is 0.380. The SMILES string of the molecule is Oc1c[pH]c(Br)c1. The smallest absolute Gasteiger partial charge is 0.120 e. The van der Waals surface area contributed by atoms with E-state index >= 15 is 0 Å². The summed E-state index contributed by atoms with van der Waals surface area (Å²) >= 11 is 3.24. The molecule has 38 valence electrons. The summed E-state index contributed by atoms with van der Waals surface area (Å²) in [5, 5.41) is 8.66. The second-order valence-electron chi connectivity index (χ2n) is 1.21. The zero-order valence-electron chi connectivity index (χ0n) is 3.48. The summed E-state index contributed by atoms with van der Waals surface area (Å²) < 4.78 is 1.07. The number of hydrogen-bond donors (Lipinski definition) is 1. The number of hydrogen-bond acceptors (Lipinski definition) is 1. The highest BCUT2D eigenvalue weighted by Crippen LogP contribution is 2.29. The van der Waals surface area contributed by atoms with Crippen LogP contribution in [0.1, 0.15) is 0 Å². The lowest BCUT2D eigenvalue weighted by atomic mass is 10.6. The van der Waals surface area contributed by atoms with Gasteiger partial charge in [-0.25, -0.2) is 0 Å². The summed E-state index contributed by atoms with van der Waals surface area (Å²) in [6.45, 7) is 0. The van der Waals surface area contributed by atoms with Gasteiger partial charge < -0.3 is 5.11 Å². The Kier molecular flexibility index (Phi) is 1.40. The van der Waals surface area contributed by atoms with Gasteiger partial charge >= 0.3 is 0 Å². The summed E-state index contributed by atoms with van der Waals surface area (Å²) in [6.07, 6.45) is 0. The van der Waals surface area contributed by atoms with Crippen molar-refractivity contribution in [2.75, 3.05) is 0 Å². The molecule has 0 spiro atoms. The van der Waals surface area contributed by atoms with Crippen molar-refractivity contribution in [2.24, 2.45) is 0 Å². The van der Waals surface area contributed by atoms with Gasteiger partial charge in [0.2, 0.25) is 0 Å². The van der Waals surface area contributed by atoms with Gasteiger partial charge in [0.15, 0.2) is 0 Å². The third-order valence-electron chi connectivity index (χ3n) is 0.633. The van der Waals surface area contributed by atoms with Gasteiger partial charge in [0.05, 0.1) is 0 Å². The molecule has 1 N–H and O–H groups in total. The molecular formula is C4H4BrOP. The topological polar surface area (TPSA) is 20.2 Å². The van der Waals surface area contributed by atoms with Gasteiger partial charge in [-0.05, 0) is 27.8 Å². The van der Waals surface area contributed by atoms with Crippen molar-refractivity contribution < 1.29 is 5.11 Å². The molecule has 1 aromatic rings. The van der Waals surface area contributed by atoms with Crippen LogP contribution in [0, 0.1) is 0 Å². The fraction of sp³-hybridized carbons (Fsp3) is 0. The molecule has 0 aliphatic rings. The van der Waals surface area contributed by atoms with Gasteiger partial charge in [0, 0.05) is 4.20 Å². The van der Waals surface area contributed by atoms with E-state index in [2.05, 4.69) is 15.9 Å². The molecule has 1 atom stereocenters. The molecule has 0 amide bonds. The van der Waals surface area contributed by atoms with Crippen molar-refractivity contribution in [2.45, 2.75) is 0 Å². The Bertz CT molecular complexity index is 144. The van der Waals surface area contributed by atoms with E-state index in [1.165, 1.54) is 0 Å². The predicted molar refractivity (Wildman–Crippen MR) is 35.3 cm³/mol. The van der Waals surface area contributed by atoms with E-state index in [0.29, 0.717) is 13.9 Å². The Morgan fingerprint density at radius 1 is 1.71 bits per heavy atom. The summed E-state index contributed by atoms with van der Waals surface area (Å²) in [7, 11) is 0.628. The first-order valence-corrected chi connectivity index (χ1v) is 3.69. The highest BCUT2D eigenvalue weighted by molar-refractivity contribution is 9.11. The molecule has 0 aliphatic heterocycles. The molecule has 0 saturated carbocycles. The average Bonchev–Trinajstić information content (AvgIpc) is 1.87. The normalized spacial score (nSPS) is 10.4. The van der Waals surface area contributed by atoms with Crippen LogP contribution in [0.4, 0.5) is 0 Å². The van der Waals surface area contributed by atoms with Crippen LogP contribution >= 0.6 is 24.1 Å². The summed E-state index contributed by atoms with van der Waals surface area (Å²) in [6, 6.07) is 1.71. The van der Waals surface area contributed by atoms with E-state index in [1.54, 1.807) is 11.9 Å². The van der Waals surface area contributed by atoms with Crippen LogP contribution in [0.15, 0.2) is 16.1 Å². The van der Waals surface area contributed by atoms with E-state index in [4.69, 9.17) is 5.11 Å². The molecule has 1 rings (SSSR count). The van der Waals surface area contributed by atoms with Crippen LogP contribution in [0.3, 0.4) is 0 Å². The maximum atomic E-state index is 8.66. The van der Waals surface area contributed by atoms with Crippen LogP contribution in [0.2, 0.25) is 0 Å². The molecular weight excluding hydrogens is 175 g/mol. The monoisotopic (exact) mass is 178 g/mol. The van der Waals surface area contributed by atoms with Crippen molar-refractivity contribution in [3.05, 3.63) is 16.1 Å². The molecule has 3 heteroatoms. The standard InChI is InChI=1S/C4H4BrOP/c5-4-1-3(6)2-7-4/h1-2,6-7H. The molecule has 0 aliphatic carbocycles. The second-order valence-corrected chi connectivity index (χ2v) is 3.91. The third-order valence-corrected chi connectivity index (χ3v) is 2.41. The average molecular weight is 179 g/mol. The quantitative estimate of drug-likeness (QED) is 0.646. The maximum Gasteiger partial charge on any atom is 0.120 e. The summed E-state index contributed by atoms with van der Waals surface area (Å²) in [5.74, 6) is 2.16. The zero-order valence-corrected chi connectivity index (χ0v) is 6.07. The molecule has 0 radical (unpaired) electrons. The van der Waals surface area contributed by atoms with Crippen LogP contribution in [0.25, 0.3) is 0 Å². The number of rotatable bonds is 0. The lowest BCUT2D eigenvalue weighted by Gasteiger charge is -1.70. The molecule has 0 fully saturated rings. The molecule has 7 heavy (non-hydrogen) atoms. The minimum atomic E-state index is 0.380. The van der Waals surface area contributed by atoms with E-state index in [9.17, 15) is 0 Å². The second kappa shape index (κ2) is 1.89. The van der Waals surface area contributed by atoms with Gasteiger partial charge in [-0.2, -0.15) is 0 Å². The molecule has 1 heterocycles. The Morgan fingerprint density at radius 2 is 2.43 bits per heavy atom. The van der Waals surface area contributed by atoms with Crippen LogP contribution in [-0.4, -0.2) is 5.11 Å². The Hall–Kier alpha value is 0.0600. The third kappa shape index (κ3) is 1.22. The van der Waals surface area contributed by atoms with Crippen molar-refractivity contribution in [3.8, 4) is 5.75 Å². The fourth-order valence-corrected chi connectivity index (χ4v) is 1.53. The largest absolute Gasteiger partial charge is 0.508 e. The van der Waals surface area contributed by atoms with Crippen molar-refractivity contribution in [3.63, 3.8) is 0 Å². The van der Waals surface area contributed by atoms with Crippen LogP contribution in [0.5, 0.6) is 5.75 Å². The van der Waals surface area contributed by atoms with Crippen molar-refractivity contribution in [1.82, 2.24) is 0 Å². The Balaban J connectivity index is 3.04. The van der Waals surface area contributed by atoms with Gasteiger partial charge in [0.25, 0.3) is 0 Å². The Labute approximate surface area is 51.6 Å². The minimum Gasteiger partial charge on any atom is -0.508 e. The van der Waals surface area contributed by atoms with E-state index in [-0.39, 0.29) is 0 Å². The lowest BCUT2D eigenvalue weighted by Crippen LogP contribution is -1.42. The van der Waals surface area contributed by atoms with Crippen LogP contribution in [-0.2, 0) is 0 Å². The fourth-order valence-electron chi connectivity index (χ4n) is 0.356. The van der Waals surface area contributed by atoms with Gasteiger partial charge in [-0.3, -0.25) is 0 Å². The molecule has 1 nitrogen and oxygen atoms in total. The van der Waals surface area contributed by atoms with E-state index < -0.39 is 0 Å². The molecule has 0 saturated heterocycles. The van der Waals surface area contributed by atoms with Gasteiger partial charge in [0.1, 0.15) is 5.75 Å². The summed E-state index contributed by atoms with van der Waals surface area (Å²) in [4.78, 5) is 0. The van der Waals surface area contributed by atoms with Crippen LogP contribution < -0.4 is 0 Å². The Morgan fingerprint density at radius 3 is 2.57 bits per heavy atom. The van der Waals surface area contributed by atoms with Gasteiger partial charge in [-0.15, -0.1) is 8.19 Å². The highest BCUT2D eigenvalue weighted by atomic mass is 79.9.